The molecular weight excluding hydrogens is 267 g/mol. The standard InChI is InChI=1S/C8H6Cl2O2S.ClH/c9-5-1-2-6(10)7(3-5)13-4-8(11)12;/h1-3H,4H2,(H,11,12);1H. The van der Waals surface area contributed by atoms with E-state index in [1.807, 2.05) is 0 Å². The van der Waals surface area contributed by atoms with E-state index in [2.05, 4.69) is 0 Å². The highest BCUT2D eigenvalue weighted by molar-refractivity contribution is 8.00. The van der Waals surface area contributed by atoms with Crippen molar-refractivity contribution in [2.75, 3.05) is 5.75 Å². The van der Waals surface area contributed by atoms with Crippen LogP contribution in [0.5, 0.6) is 0 Å². The Morgan fingerprint density at radius 3 is 2.64 bits per heavy atom. The van der Waals surface area contributed by atoms with Gasteiger partial charge in [-0.05, 0) is 18.2 Å². The minimum Gasteiger partial charge on any atom is -0.481 e. The Bertz CT molecular complexity index is 330. The van der Waals surface area contributed by atoms with Gasteiger partial charge >= 0.3 is 5.97 Å². The molecule has 1 aromatic rings. The van der Waals surface area contributed by atoms with Crippen LogP contribution in [-0.2, 0) is 4.79 Å². The van der Waals surface area contributed by atoms with Crippen molar-refractivity contribution in [3.63, 3.8) is 0 Å². The number of carboxylic acids is 1. The predicted molar refractivity (Wildman–Crippen MR) is 62.1 cm³/mol. The first-order valence-corrected chi connectivity index (χ1v) is 5.13. The molecule has 14 heavy (non-hydrogen) atoms. The van der Waals surface area contributed by atoms with Crippen LogP contribution in [0.1, 0.15) is 0 Å². The number of hydrogen-bond acceptors (Lipinski definition) is 2. The molecule has 0 aliphatic rings. The van der Waals surface area contributed by atoms with Gasteiger partial charge in [0, 0.05) is 9.92 Å². The summed E-state index contributed by atoms with van der Waals surface area (Å²) in [4.78, 5) is 11.0. The van der Waals surface area contributed by atoms with Gasteiger partial charge in [-0.3, -0.25) is 4.79 Å². The molecule has 0 bridgehead atoms. The highest BCUT2D eigenvalue weighted by Gasteiger charge is 2.04. The molecule has 0 spiro atoms. The van der Waals surface area contributed by atoms with Gasteiger partial charge in [0.1, 0.15) is 0 Å². The number of carboxylic acid groups (broad SMARTS) is 1. The number of benzene rings is 1. The smallest absolute Gasteiger partial charge is 0.313 e. The van der Waals surface area contributed by atoms with Crippen molar-refractivity contribution < 1.29 is 9.90 Å². The number of hydrogen-bond donors (Lipinski definition) is 1. The molecule has 78 valence electrons. The van der Waals surface area contributed by atoms with Crippen molar-refractivity contribution in [1.82, 2.24) is 0 Å². The quantitative estimate of drug-likeness (QED) is 0.855. The molecule has 0 aliphatic heterocycles. The summed E-state index contributed by atoms with van der Waals surface area (Å²) in [7, 11) is 0. The van der Waals surface area contributed by atoms with Crippen molar-refractivity contribution in [1.29, 1.82) is 0 Å². The molecular formula is C8H7Cl3O2S. The van der Waals surface area contributed by atoms with Crippen molar-refractivity contribution in [2.24, 2.45) is 0 Å². The maximum absolute atomic E-state index is 10.3. The lowest BCUT2D eigenvalue weighted by Crippen LogP contribution is -1.97. The second kappa shape index (κ2) is 6.40. The molecule has 0 aliphatic carbocycles. The molecule has 0 atom stereocenters. The molecule has 1 N–H and O–H groups in total. The SMILES string of the molecule is Cl.O=C(O)CSc1cc(Cl)ccc1Cl. The summed E-state index contributed by atoms with van der Waals surface area (Å²) in [5.41, 5.74) is 0. The van der Waals surface area contributed by atoms with E-state index < -0.39 is 5.97 Å². The summed E-state index contributed by atoms with van der Waals surface area (Å²) in [6.45, 7) is 0. The number of halogens is 3. The van der Waals surface area contributed by atoms with E-state index in [9.17, 15) is 4.79 Å². The zero-order valence-electron chi connectivity index (χ0n) is 6.87. The predicted octanol–water partition coefficient (Wildman–Crippen LogP) is 3.59. The summed E-state index contributed by atoms with van der Waals surface area (Å²) < 4.78 is 0. The maximum atomic E-state index is 10.3. The zero-order valence-corrected chi connectivity index (χ0v) is 10.0. The van der Waals surface area contributed by atoms with Crippen LogP contribution in [0, 0.1) is 0 Å². The monoisotopic (exact) mass is 272 g/mol. The summed E-state index contributed by atoms with van der Waals surface area (Å²) in [6, 6.07) is 4.96. The molecule has 0 amide bonds. The fourth-order valence-electron chi connectivity index (χ4n) is 0.727. The van der Waals surface area contributed by atoms with Crippen LogP contribution < -0.4 is 0 Å². The first-order valence-electron chi connectivity index (χ1n) is 3.39. The van der Waals surface area contributed by atoms with Crippen LogP contribution >= 0.6 is 47.4 Å². The topological polar surface area (TPSA) is 37.3 Å². The summed E-state index contributed by atoms with van der Waals surface area (Å²) in [5.74, 6) is -0.888. The van der Waals surface area contributed by atoms with E-state index in [1.165, 1.54) is 0 Å². The van der Waals surface area contributed by atoms with E-state index in [1.54, 1.807) is 18.2 Å². The Morgan fingerprint density at radius 2 is 2.07 bits per heavy atom. The van der Waals surface area contributed by atoms with Gasteiger partial charge in [-0.1, -0.05) is 23.2 Å². The third kappa shape index (κ3) is 4.42. The van der Waals surface area contributed by atoms with Gasteiger partial charge < -0.3 is 5.11 Å². The first kappa shape index (κ1) is 13.9. The van der Waals surface area contributed by atoms with Crippen LogP contribution in [-0.4, -0.2) is 16.8 Å². The lowest BCUT2D eigenvalue weighted by Gasteiger charge is -2.01. The van der Waals surface area contributed by atoms with Crippen LogP contribution in [0.15, 0.2) is 23.1 Å². The van der Waals surface area contributed by atoms with Crippen LogP contribution in [0.2, 0.25) is 10.0 Å². The lowest BCUT2D eigenvalue weighted by atomic mass is 10.4. The minimum absolute atomic E-state index is 0. The summed E-state index contributed by atoms with van der Waals surface area (Å²) in [6.07, 6.45) is 0. The van der Waals surface area contributed by atoms with Gasteiger partial charge in [-0.15, -0.1) is 24.2 Å². The molecule has 0 saturated heterocycles. The number of thioether (sulfide) groups is 1. The van der Waals surface area contributed by atoms with E-state index in [-0.39, 0.29) is 18.2 Å². The van der Waals surface area contributed by atoms with Gasteiger partial charge in [0.05, 0.1) is 10.8 Å². The third-order valence-electron chi connectivity index (χ3n) is 1.24. The third-order valence-corrected chi connectivity index (χ3v) is 2.96. The maximum Gasteiger partial charge on any atom is 0.313 e. The van der Waals surface area contributed by atoms with Crippen LogP contribution in [0.4, 0.5) is 0 Å². The van der Waals surface area contributed by atoms with Gasteiger partial charge in [-0.2, -0.15) is 0 Å². The zero-order chi connectivity index (χ0) is 9.84. The molecule has 0 heterocycles. The molecule has 0 aromatic heterocycles. The molecule has 0 saturated carbocycles. The molecule has 2 nitrogen and oxygen atoms in total. The summed E-state index contributed by atoms with van der Waals surface area (Å²) >= 11 is 12.7. The second-order valence-electron chi connectivity index (χ2n) is 2.26. The van der Waals surface area contributed by atoms with E-state index >= 15 is 0 Å². The Kier molecular flexibility index (Phi) is 6.36. The minimum atomic E-state index is -0.874. The van der Waals surface area contributed by atoms with E-state index in [4.69, 9.17) is 28.3 Å². The largest absolute Gasteiger partial charge is 0.481 e. The number of carbonyl (C=O) groups is 1. The van der Waals surface area contributed by atoms with Gasteiger partial charge in [0.2, 0.25) is 0 Å². The molecule has 0 unspecified atom stereocenters. The normalized spacial score (nSPS) is 9.29. The molecule has 1 rings (SSSR count). The molecule has 1 aromatic carbocycles. The second-order valence-corrected chi connectivity index (χ2v) is 4.12. The highest BCUT2D eigenvalue weighted by atomic mass is 35.5. The van der Waals surface area contributed by atoms with Crippen molar-refractivity contribution in [3.05, 3.63) is 28.2 Å². The fraction of sp³-hybridized carbons (Fsp3) is 0.125. The molecule has 6 heteroatoms. The van der Waals surface area contributed by atoms with Crippen LogP contribution in [0.3, 0.4) is 0 Å². The Labute approximate surface area is 102 Å². The Morgan fingerprint density at radius 1 is 1.43 bits per heavy atom. The Hall–Kier alpha value is -0.0900. The molecule has 0 radical (unpaired) electrons. The summed E-state index contributed by atoms with van der Waals surface area (Å²) in [5, 5.41) is 9.51. The van der Waals surface area contributed by atoms with Gasteiger partial charge in [0.25, 0.3) is 0 Å². The van der Waals surface area contributed by atoms with Gasteiger partial charge in [0.15, 0.2) is 0 Å². The average molecular weight is 274 g/mol. The van der Waals surface area contributed by atoms with Crippen molar-refractivity contribution in [3.8, 4) is 0 Å². The number of aliphatic carboxylic acids is 1. The van der Waals surface area contributed by atoms with Crippen molar-refractivity contribution >= 4 is 53.3 Å². The average Bonchev–Trinajstić information content (AvgIpc) is 2.06. The van der Waals surface area contributed by atoms with Crippen molar-refractivity contribution in [2.45, 2.75) is 4.90 Å². The molecule has 0 fully saturated rings. The highest BCUT2D eigenvalue weighted by Crippen LogP contribution is 2.29. The van der Waals surface area contributed by atoms with E-state index in [0.717, 1.165) is 11.8 Å². The van der Waals surface area contributed by atoms with E-state index in [0.29, 0.717) is 14.9 Å². The van der Waals surface area contributed by atoms with Gasteiger partial charge in [-0.25, -0.2) is 0 Å². The Balaban J connectivity index is 0.00000169. The fourth-order valence-corrected chi connectivity index (χ4v) is 1.94. The van der Waals surface area contributed by atoms with Crippen LogP contribution in [0.25, 0.3) is 0 Å². The number of rotatable bonds is 3. The first-order chi connectivity index (χ1) is 6.09. The lowest BCUT2D eigenvalue weighted by molar-refractivity contribution is -0.133.